The summed E-state index contributed by atoms with van der Waals surface area (Å²) < 4.78 is 31.7. The van der Waals surface area contributed by atoms with Crippen molar-refractivity contribution in [2.75, 3.05) is 0 Å². The first kappa shape index (κ1) is 20.1. The molecule has 0 saturated heterocycles. The van der Waals surface area contributed by atoms with Crippen molar-refractivity contribution in [2.45, 2.75) is 13.1 Å². The number of alkyl halides is 3. The molecule has 2 N–H and O–H groups in total. The normalized spacial score (nSPS) is 11.0. The molecule has 0 fully saturated rings. The molecular formula is C21H16F3N3O2. The highest BCUT2D eigenvalue weighted by Crippen LogP contribution is 2.28. The number of nitrogens with one attached hydrogen (secondary N) is 1. The maximum atomic E-state index is 10.6. The Kier molecular flexibility index (Phi) is 5.63. The van der Waals surface area contributed by atoms with Crippen LogP contribution < -0.4 is 0 Å². The Morgan fingerprint density at radius 2 is 1.69 bits per heavy atom. The van der Waals surface area contributed by atoms with Crippen molar-refractivity contribution < 1.29 is 23.1 Å². The van der Waals surface area contributed by atoms with Crippen LogP contribution in [0.1, 0.15) is 5.56 Å². The molecule has 8 heteroatoms. The predicted molar refractivity (Wildman–Crippen MR) is 103 cm³/mol. The number of aromatic nitrogens is 3. The lowest BCUT2D eigenvalue weighted by atomic mass is 10.0. The number of H-pyrrole nitrogens is 1. The van der Waals surface area contributed by atoms with Crippen molar-refractivity contribution >= 4 is 16.9 Å². The number of aliphatic carboxylic acids is 1. The van der Waals surface area contributed by atoms with Crippen molar-refractivity contribution in [2.24, 2.45) is 0 Å². The van der Waals surface area contributed by atoms with Gasteiger partial charge >= 0.3 is 12.1 Å². The van der Waals surface area contributed by atoms with E-state index in [-0.39, 0.29) is 0 Å². The monoisotopic (exact) mass is 399 g/mol. The van der Waals surface area contributed by atoms with Crippen LogP contribution in [0.5, 0.6) is 0 Å². The first-order chi connectivity index (χ1) is 13.8. The molecule has 5 nitrogen and oxygen atoms in total. The summed E-state index contributed by atoms with van der Waals surface area (Å²) >= 11 is 0. The van der Waals surface area contributed by atoms with E-state index in [9.17, 15) is 13.2 Å². The smallest absolute Gasteiger partial charge is 0.475 e. The van der Waals surface area contributed by atoms with Gasteiger partial charge in [-0.25, -0.2) is 9.78 Å². The number of fused-ring (bicyclic) bond motifs is 1. The van der Waals surface area contributed by atoms with Crippen molar-refractivity contribution in [3.05, 3.63) is 72.4 Å². The summed E-state index contributed by atoms with van der Waals surface area (Å²) in [6.07, 6.45) is -3.32. The van der Waals surface area contributed by atoms with Crippen LogP contribution in [0.3, 0.4) is 0 Å². The minimum Gasteiger partial charge on any atom is -0.475 e. The van der Waals surface area contributed by atoms with Crippen LogP contribution in [-0.4, -0.2) is 32.4 Å². The van der Waals surface area contributed by atoms with Crippen LogP contribution in [-0.2, 0) is 4.79 Å². The van der Waals surface area contributed by atoms with E-state index in [0.29, 0.717) is 0 Å². The van der Waals surface area contributed by atoms with E-state index in [1.165, 1.54) is 10.9 Å². The van der Waals surface area contributed by atoms with E-state index in [4.69, 9.17) is 14.9 Å². The highest BCUT2D eigenvalue weighted by Gasteiger charge is 2.38. The Balaban J connectivity index is 0.000000298. The Labute approximate surface area is 163 Å². The number of hydrogen-bond acceptors (Lipinski definition) is 3. The number of halogens is 3. The number of carboxylic acid groups (broad SMARTS) is 1. The number of carboxylic acids is 1. The molecule has 0 saturated carbocycles. The molecule has 0 amide bonds. The molecule has 0 spiro atoms. The van der Waals surface area contributed by atoms with Crippen molar-refractivity contribution in [1.82, 2.24) is 15.2 Å². The molecule has 4 aromatic rings. The topological polar surface area (TPSA) is 78.9 Å². The highest BCUT2D eigenvalue weighted by atomic mass is 19.4. The van der Waals surface area contributed by atoms with Gasteiger partial charge in [-0.05, 0) is 36.8 Å². The van der Waals surface area contributed by atoms with E-state index < -0.39 is 12.1 Å². The third-order valence-electron chi connectivity index (χ3n) is 4.10. The lowest BCUT2D eigenvalue weighted by Gasteiger charge is -2.09. The third-order valence-corrected chi connectivity index (χ3v) is 4.10. The number of pyridine rings is 1. The summed E-state index contributed by atoms with van der Waals surface area (Å²) in [5, 5.41) is 15.3. The highest BCUT2D eigenvalue weighted by molar-refractivity contribution is 5.83. The summed E-state index contributed by atoms with van der Waals surface area (Å²) in [7, 11) is 0. The molecule has 2 aromatic carbocycles. The molecule has 0 aliphatic rings. The van der Waals surface area contributed by atoms with Crippen LogP contribution in [0.25, 0.3) is 33.4 Å². The van der Waals surface area contributed by atoms with Crippen molar-refractivity contribution in [3.63, 3.8) is 0 Å². The predicted octanol–water partition coefficient (Wildman–Crippen LogP) is 5.23. The van der Waals surface area contributed by atoms with Crippen molar-refractivity contribution in [3.8, 4) is 22.5 Å². The molecule has 0 unspecified atom stereocenters. The summed E-state index contributed by atoms with van der Waals surface area (Å²) in [6.45, 7) is 2.11. The third kappa shape index (κ3) is 4.78. The number of hydrogen-bond donors (Lipinski definition) is 2. The maximum Gasteiger partial charge on any atom is 0.490 e. The second-order valence-electron chi connectivity index (χ2n) is 6.20. The van der Waals surface area contributed by atoms with Gasteiger partial charge in [0.15, 0.2) is 0 Å². The SMILES string of the molecule is Cc1cc2ccccc2nc1-c1cccc(-c2ccn[nH]2)c1.O=C(O)C(F)(F)F. The van der Waals surface area contributed by atoms with Gasteiger partial charge in [-0.15, -0.1) is 0 Å². The van der Waals surface area contributed by atoms with Gasteiger partial charge in [0.25, 0.3) is 0 Å². The fourth-order valence-corrected chi connectivity index (χ4v) is 2.76. The Morgan fingerprint density at radius 1 is 1.00 bits per heavy atom. The molecule has 0 radical (unpaired) electrons. The van der Waals surface area contributed by atoms with Crippen molar-refractivity contribution in [1.29, 1.82) is 0 Å². The Hall–Kier alpha value is -3.68. The van der Waals surface area contributed by atoms with Gasteiger partial charge in [-0.2, -0.15) is 18.3 Å². The standard InChI is InChI=1S/C19H15N3.C2HF3O2/c1-13-11-14-5-2-3-8-17(14)21-19(13)16-7-4-6-15(12-16)18-9-10-20-22-18;3-2(4,5)1(6)7/h2-12H,1H3,(H,20,22);(H,6,7). The number of carbonyl (C=O) groups is 1. The van der Waals surface area contributed by atoms with Crippen LogP contribution in [0.2, 0.25) is 0 Å². The van der Waals surface area contributed by atoms with E-state index >= 15 is 0 Å². The van der Waals surface area contributed by atoms with E-state index in [0.717, 1.165) is 28.0 Å². The number of benzene rings is 2. The maximum absolute atomic E-state index is 10.6. The lowest BCUT2D eigenvalue weighted by molar-refractivity contribution is -0.192. The molecule has 0 aliphatic heterocycles. The molecule has 0 atom stereocenters. The van der Waals surface area contributed by atoms with Crippen LogP contribution >= 0.6 is 0 Å². The quantitative estimate of drug-likeness (QED) is 0.484. The summed E-state index contributed by atoms with van der Waals surface area (Å²) in [4.78, 5) is 13.7. The van der Waals surface area contributed by atoms with E-state index in [2.05, 4.69) is 59.6 Å². The average molecular weight is 399 g/mol. The molecule has 2 aromatic heterocycles. The summed E-state index contributed by atoms with van der Waals surface area (Å²) in [5.41, 5.74) is 6.48. The van der Waals surface area contributed by atoms with E-state index in [1.54, 1.807) is 6.20 Å². The van der Waals surface area contributed by atoms with Gasteiger partial charge in [0, 0.05) is 22.7 Å². The van der Waals surface area contributed by atoms with Crippen LogP contribution in [0.4, 0.5) is 13.2 Å². The fourth-order valence-electron chi connectivity index (χ4n) is 2.76. The molecule has 4 rings (SSSR count). The first-order valence-corrected chi connectivity index (χ1v) is 8.52. The van der Waals surface area contributed by atoms with Gasteiger partial charge in [0.2, 0.25) is 0 Å². The zero-order valence-electron chi connectivity index (χ0n) is 15.2. The molecule has 0 bridgehead atoms. The van der Waals surface area contributed by atoms with Crippen LogP contribution in [0, 0.1) is 6.92 Å². The van der Waals surface area contributed by atoms with Gasteiger partial charge in [0.1, 0.15) is 0 Å². The van der Waals surface area contributed by atoms with Gasteiger partial charge < -0.3 is 5.11 Å². The van der Waals surface area contributed by atoms with E-state index in [1.807, 2.05) is 18.2 Å². The van der Waals surface area contributed by atoms with Crippen LogP contribution in [0.15, 0.2) is 66.9 Å². The molecule has 0 aliphatic carbocycles. The number of aryl methyl sites for hydroxylation is 1. The lowest BCUT2D eigenvalue weighted by Crippen LogP contribution is -2.21. The minimum atomic E-state index is -5.08. The second-order valence-corrected chi connectivity index (χ2v) is 6.20. The molecule has 148 valence electrons. The number of aromatic amines is 1. The summed E-state index contributed by atoms with van der Waals surface area (Å²) in [5.74, 6) is -2.76. The zero-order chi connectivity index (χ0) is 21.0. The summed E-state index contributed by atoms with van der Waals surface area (Å²) in [6, 6.07) is 20.8. The largest absolute Gasteiger partial charge is 0.490 e. The number of para-hydroxylation sites is 1. The average Bonchev–Trinajstić information content (AvgIpc) is 3.22. The second kappa shape index (κ2) is 8.14. The zero-order valence-corrected chi connectivity index (χ0v) is 15.2. The Bertz CT molecular complexity index is 1140. The van der Waals surface area contributed by atoms with Gasteiger partial charge in [-0.3, -0.25) is 5.10 Å². The number of nitrogens with zero attached hydrogens (tertiary/aromatic N) is 2. The first-order valence-electron chi connectivity index (χ1n) is 8.52. The van der Waals surface area contributed by atoms with Gasteiger partial charge in [0.05, 0.1) is 16.9 Å². The fraction of sp³-hybridized carbons (Fsp3) is 0.0952. The minimum absolute atomic E-state index is 1.01. The molecular weight excluding hydrogens is 383 g/mol. The Morgan fingerprint density at radius 3 is 2.34 bits per heavy atom. The number of rotatable bonds is 2. The molecule has 29 heavy (non-hydrogen) atoms. The molecule has 2 heterocycles. The van der Waals surface area contributed by atoms with Gasteiger partial charge in [-0.1, -0.05) is 36.4 Å².